The van der Waals surface area contributed by atoms with Gasteiger partial charge in [-0.1, -0.05) is 6.08 Å². The molecule has 4 heteroatoms. The van der Waals surface area contributed by atoms with E-state index in [4.69, 9.17) is 5.21 Å². The molecule has 0 aromatic carbocycles. The van der Waals surface area contributed by atoms with E-state index in [0.29, 0.717) is 0 Å². The second kappa shape index (κ2) is 5.12. The summed E-state index contributed by atoms with van der Waals surface area (Å²) in [5.41, 5.74) is 1.98. The van der Waals surface area contributed by atoms with Crippen molar-refractivity contribution in [2.24, 2.45) is 0 Å². The highest BCUT2D eigenvalue weighted by Crippen LogP contribution is 1.90. The summed E-state index contributed by atoms with van der Waals surface area (Å²) in [5, 5.41) is 11.5. The van der Waals surface area contributed by atoms with Crippen LogP contribution in [0.1, 0.15) is 0 Å². The molecule has 0 aromatic rings. The van der Waals surface area contributed by atoms with Crippen LogP contribution in [0, 0.1) is 0 Å². The lowest BCUT2D eigenvalue weighted by Crippen LogP contribution is -2.43. The molecule has 1 fully saturated rings. The third kappa shape index (κ3) is 3.36. The van der Waals surface area contributed by atoms with E-state index in [9.17, 15) is 0 Å². The summed E-state index contributed by atoms with van der Waals surface area (Å²) in [6.45, 7) is 5.24. The van der Waals surface area contributed by atoms with Gasteiger partial charge in [-0.05, 0) is 0 Å². The van der Waals surface area contributed by atoms with Gasteiger partial charge in [0.05, 0.1) is 0 Å². The molecule has 0 unspecified atom stereocenters. The number of hydrogen-bond acceptors (Lipinski definition) is 4. The monoisotopic (exact) mass is 157 g/mol. The van der Waals surface area contributed by atoms with Crippen molar-refractivity contribution in [3.05, 3.63) is 12.3 Å². The van der Waals surface area contributed by atoms with E-state index in [-0.39, 0.29) is 0 Å². The Morgan fingerprint density at radius 3 is 2.82 bits per heavy atom. The highest BCUT2D eigenvalue weighted by Gasteiger charge is 2.05. The maximum atomic E-state index is 8.23. The molecule has 0 amide bonds. The molecule has 1 rings (SSSR count). The average Bonchev–Trinajstić information content (AvgIpc) is 2.07. The van der Waals surface area contributed by atoms with Gasteiger partial charge in [-0.2, -0.15) is 0 Å². The van der Waals surface area contributed by atoms with Crippen LogP contribution in [0.15, 0.2) is 12.3 Å². The maximum absolute atomic E-state index is 8.23. The topological polar surface area (TPSA) is 47.5 Å². The smallest absolute Gasteiger partial charge is 0.0213 e. The van der Waals surface area contributed by atoms with Crippen molar-refractivity contribution in [3.8, 4) is 0 Å². The fourth-order valence-corrected chi connectivity index (χ4v) is 1.15. The largest absolute Gasteiger partial charge is 0.314 e. The molecule has 0 aromatic heterocycles. The minimum Gasteiger partial charge on any atom is -0.314 e. The first kappa shape index (κ1) is 8.52. The van der Waals surface area contributed by atoms with E-state index in [1.807, 2.05) is 11.6 Å². The lowest BCUT2D eigenvalue weighted by Gasteiger charge is -2.25. The Morgan fingerprint density at radius 1 is 1.45 bits per heavy atom. The van der Waals surface area contributed by atoms with Crippen LogP contribution in [-0.2, 0) is 0 Å². The standard InChI is InChI=1S/C7H15N3O/c11-9-2-1-5-10-6-3-8-4-7-10/h1-2,8-9,11H,3-7H2. The summed E-state index contributed by atoms with van der Waals surface area (Å²) >= 11 is 0. The summed E-state index contributed by atoms with van der Waals surface area (Å²) < 4.78 is 0. The minimum absolute atomic E-state index is 0.912. The van der Waals surface area contributed by atoms with Crippen molar-refractivity contribution in [1.29, 1.82) is 0 Å². The van der Waals surface area contributed by atoms with Crippen molar-refractivity contribution in [3.63, 3.8) is 0 Å². The predicted molar refractivity (Wildman–Crippen MR) is 43.4 cm³/mol. The van der Waals surface area contributed by atoms with E-state index in [1.54, 1.807) is 6.20 Å². The molecule has 1 aliphatic rings. The zero-order chi connectivity index (χ0) is 7.94. The molecule has 0 atom stereocenters. The Balaban J connectivity index is 2.09. The third-order valence-electron chi connectivity index (χ3n) is 1.77. The maximum Gasteiger partial charge on any atom is 0.0213 e. The molecule has 0 spiro atoms. The molecule has 4 nitrogen and oxygen atoms in total. The lowest BCUT2D eigenvalue weighted by atomic mass is 10.3. The Bertz CT molecular complexity index is 121. The van der Waals surface area contributed by atoms with Crippen LogP contribution in [-0.4, -0.2) is 42.8 Å². The van der Waals surface area contributed by atoms with Gasteiger partial charge in [0.25, 0.3) is 0 Å². The quantitative estimate of drug-likeness (QED) is 0.478. The molecule has 1 heterocycles. The second-order valence-electron chi connectivity index (χ2n) is 2.58. The number of piperazine rings is 1. The molecular formula is C7H15N3O. The fourth-order valence-electron chi connectivity index (χ4n) is 1.15. The summed E-state index contributed by atoms with van der Waals surface area (Å²) in [5.74, 6) is 0. The van der Waals surface area contributed by atoms with Gasteiger partial charge < -0.3 is 5.32 Å². The van der Waals surface area contributed by atoms with E-state index in [0.717, 1.165) is 32.7 Å². The normalized spacial score (nSPS) is 20.8. The Labute approximate surface area is 66.8 Å². The van der Waals surface area contributed by atoms with Crippen LogP contribution < -0.4 is 10.8 Å². The molecule has 0 saturated carbocycles. The van der Waals surface area contributed by atoms with Crippen molar-refractivity contribution >= 4 is 0 Å². The van der Waals surface area contributed by atoms with Gasteiger partial charge in [0.15, 0.2) is 0 Å². The second-order valence-corrected chi connectivity index (χ2v) is 2.58. The van der Waals surface area contributed by atoms with Crippen molar-refractivity contribution in [1.82, 2.24) is 15.7 Å². The summed E-state index contributed by atoms with van der Waals surface area (Å²) in [6, 6.07) is 0. The Morgan fingerprint density at radius 2 is 2.18 bits per heavy atom. The summed E-state index contributed by atoms with van der Waals surface area (Å²) in [6.07, 6.45) is 3.45. The first-order chi connectivity index (χ1) is 5.43. The molecular weight excluding hydrogens is 142 g/mol. The zero-order valence-electron chi connectivity index (χ0n) is 6.58. The Kier molecular flexibility index (Phi) is 3.96. The molecule has 0 aliphatic carbocycles. The molecule has 64 valence electrons. The number of hydroxylamine groups is 1. The molecule has 3 N–H and O–H groups in total. The van der Waals surface area contributed by atoms with Crippen LogP contribution in [0.4, 0.5) is 0 Å². The van der Waals surface area contributed by atoms with Gasteiger partial charge in [0, 0.05) is 38.9 Å². The van der Waals surface area contributed by atoms with Crippen molar-refractivity contribution < 1.29 is 5.21 Å². The van der Waals surface area contributed by atoms with Gasteiger partial charge in [0.2, 0.25) is 0 Å². The van der Waals surface area contributed by atoms with Gasteiger partial charge >= 0.3 is 0 Å². The molecule has 0 bridgehead atoms. The first-order valence-electron chi connectivity index (χ1n) is 3.91. The number of nitrogens with zero attached hydrogens (tertiary/aromatic N) is 1. The van der Waals surface area contributed by atoms with E-state index >= 15 is 0 Å². The summed E-state index contributed by atoms with van der Waals surface area (Å²) in [4.78, 5) is 2.32. The highest BCUT2D eigenvalue weighted by atomic mass is 16.5. The molecule has 1 saturated heterocycles. The predicted octanol–water partition coefficient (Wildman–Crippen LogP) is -0.616. The minimum atomic E-state index is 0.912. The highest BCUT2D eigenvalue weighted by molar-refractivity contribution is 4.82. The van der Waals surface area contributed by atoms with Gasteiger partial charge in [-0.25, -0.2) is 0 Å². The lowest BCUT2D eigenvalue weighted by molar-refractivity contribution is 0.212. The van der Waals surface area contributed by atoms with E-state index in [1.165, 1.54) is 0 Å². The number of nitrogens with one attached hydrogen (secondary N) is 2. The first-order valence-corrected chi connectivity index (χ1v) is 3.91. The van der Waals surface area contributed by atoms with Crippen molar-refractivity contribution in [2.75, 3.05) is 32.7 Å². The summed E-state index contributed by atoms with van der Waals surface area (Å²) in [7, 11) is 0. The van der Waals surface area contributed by atoms with E-state index < -0.39 is 0 Å². The van der Waals surface area contributed by atoms with Crippen LogP contribution in [0.25, 0.3) is 0 Å². The van der Waals surface area contributed by atoms with Gasteiger partial charge in [-0.3, -0.25) is 15.6 Å². The molecule has 0 radical (unpaired) electrons. The zero-order valence-corrected chi connectivity index (χ0v) is 6.58. The fraction of sp³-hybridized carbons (Fsp3) is 0.714. The third-order valence-corrected chi connectivity index (χ3v) is 1.77. The van der Waals surface area contributed by atoms with Gasteiger partial charge in [-0.15, -0.1) is 0 Å². The number of hydrogen-bond donors (Lipinski definition) is 3. The average molecular weight is 157 g/mol. The number of rotatable bonds is 3. The SMILES string of the molecule is ONC=CCN1CCNCC1. The van der Waals surface area contributed by atoms with Gasteiger partial charge in [0.1, 0.15) is 0 Å². The Hall–Kier alpha value is -0.580. The van der Waals surface area contributed by atoms with Crippen LogP contribution in [0.3, 0.4) is 0 Å². The van der Waals surface area contributed by atoms with E-state index in [2.05, 4.69) is 10.2 Å². The van der Waals surface area contributed by atoms with Crippen LogP contribution in [0.2, 0.25) is 0 Å². The van der Waals surface area contributed by atoms with Crippen LogP contribution in [0.5, 0.6) is 0 Å². The molecule has 11 heavy (non-hydrogen) atoms. The van der Waals surface area contributed by atoms with Crippen LogP contribution >= 0.6 is 0 Å². The van der Waals surface area contributed by atoms with Crippen molar-refractivity contribution in [2.45, 2.75) is 0 Å². The molecule has 1 aliphatic heterocycles.